The van der Waals surface area contributed by atoms with Crippen LogP contribution in [0.2, 0.25) is 0 Å². The molecule has 0 aliphatic heterocycles. The monoisotopic (exact) mass is 267 g/mol. The first-order chi connectivity index (χ1) is 8.58. The van der Waals surface area contributed by atoms with Crippen LogP contribution < -0.4 is 5.32 Å². The van der Waals surface area contributed by atoms with Crippen LogP contribution in [0.4, 0.5) is 13.2 Å². The van der Waals surface area contributed by atoms with Crippen LogP contribution in [0.15, 0.2) is 0 Å². The van der Waals surface area contributed by atoms with Gasteiger partial charge in [-0.1, -0.05) is 19.3 Å². The molecule has 2 nitrogen and oxygen atoms in total. The predicted molar refractivity (Wildman–Crippen MR) is 65.6 cm³/mol. The summed E-state index contributed by atoms with van der Waals surface area (Å²) in [6.07, 6.45) is 1.90. The molecule has 0 radical (unpaired) electrons. The van der Waals surface area contributed by atoms with Crippen LogP contribution in [0.25, 0.3) is 0 Å². The molecule has 0 unspecified atom stereocenters. The lowest BCUT2D eigenvalue weighted by atomic mass is 9.89. The summed E-state index contributed by atoms with van der Waals surface area (Å²) in [5, 5.41) is 3.32. The number of ether oxygens (including phenoxy) is 1. The minimum absolute atomic E-state index is 0.0616. The highest BCUT2D eigenvalue weighted by molar-refractivity contribution is 4.67. The van der Waals surface area contributed by atoms with Crippen molar-refractivity contribution in [3.8, 4) is 0 Å². The van der Waals surface area contributed by atoms with E-state index in [1.165, 1.54) is 32.1 Å². The third kappa shape index (κ3) is 8.75. The van der Waals surface area contributed by atoms with Gasteiger partial charge in [0.25, 0.3) is 0 Å². The van der Waals surface area contributed by atoms with Crippen molar-refractivity contribution < 1.29 is 17.9 Å². The number of hydrogen-bond donors (Lipinski definition) is 1. The molecule has 0 spiro atoms. The number of hydrogen-bond acceptors (Lipinski definition) is 2. The Bertz CT molecular complexity index is 203. The van der Waals surface area contributed by atoms with Crippen LogP contribution in [-0.2, 0) is 4.74 Å². The molecule has 0 heterocycles. The molecule has 18 heavy (non-hydrogen) atoms. The molecule has 0 atom stereocenters. The van der Waals surface area contributed by atoms with E-state index in [0.29, 0.717) is 6.61 Å². The van der Waals surface area contributed by atoms with E-state index in [9.17, 15) is 13.2 Å². The van der Waals surface area contributed by atoms with Gasteiger partial charge in [0.15, 0.2) is 0 Å². The van der Waals surface area contributed by atoms with E-state index in [1.807, 2.05) is 0 Å². The Kier molecular flexibility index (Phi) is 7.66. The van der Waals surface area contributed by atoms with Crippen molar-refractivity contribution in [2.45, 2.75) is 51.1 Å². The zero-order valence-corrected chi connectivity index (χ0v) is 10.9. The van der Waals surface area contributed by atoms with E-state index < -0.39 is 12.6 Å². The maximum atomic E-state index is 11.8. The van der Waals surface area contributed by atoms with E-state index in [4.69, 9.17) is 4.74 Å². The first-order valence-electron chi connectivity index (χ1n) is 6.93. The summed E-state index contributed by atoms with van der Waals surface area (Å²) in [6, 6.07) is 0. The van der Waals surface area contributed by atoms with Crippen LogP contribution in [0.3, 0.4) is 0 Å². The highest BCUT2D eigenvalue weighted by Crippen LogP contribution is 2.22. The molecule has 1 rings (SSSR count). The quantitative estimate of drug-likeness (QED) is 0.679. The first kappa shape index (κ1) is 15.8. The highest BCUT2D eigenvalue weighted by atomic mass is 19.4. The predicted octanol–water partition coefficient (Wildman–Crippen LogP) is 3.52. The van der Waals surface area contributed by atoms with Gasteiger partial charge in [0.05, 0.1) is 6.61 Å². The molecule has 0 amide bonds. The summed E-state index contributed by atoms with van der Waals surface area (Å²) < 4.78 is 40.6. The molecular weight excluding hydrogens is 243 g/mol. The van der Waals surface area contributed by atoms with Gasteiger partial charge >= 0.3 is 6.18 Å². The van der Waals surface area contributed by atoms with Crippen LogP contribution in [0.1, 0.15) is 44.9 Å². The number of rotatable bonds is 8. The van der Waals surface area contributed by atoms with E-state index in [-0.39, 0.29) is 13.0 Å². The molecule has 0 aromatic rings. The Morgan fingerprint density at radius 3 is 2.44 bits per heavy atom. The average molecular weight is 267 g/mol. The normalized spacial score (nSPS) is 18.2. The van der Waals surface area contributed by atoms with E-state index >= 15 is 0 Å². The van der Waals surface area contributed by atoms with Gasteiger partial charge < -0.3 is 10.1 Å². The van der Waals surface area contributed by atoms with Crippen molar-refractivity contribution in [1.29, 1.82) is 0 Å². The fourth-order valence-electron chi connectivity index (χ4n) is 2.32. The van der Waals surface area contributed by atoms with Crippen LogP contribution in [0, 0.1) is 5.92 Å². The van der Waals surface area contributed by atoms with Crippen molar-refractivity contribution >= 4 is 0 Å². The molecule has 1 aliphatic carbocycles. The molecule has 108 valence electrons. The van der Waals surface area contributed by atoms with Gasteiger partial charge in [-0.25, -0.2) is 0 Å². The first-order valence-corrected chi connectivity index (χ1v) is 6.93. The zero-order valence-electron chi connectivity index (χ0n) is 10.9. The Balaban J connectivity index is 1.81. The SMILES string of the molecule is FC(F)(F)CCCOCCNCC1CCCCC1. The summed E-state index contributed by atoms with van der Waals surface area (Å²) in [4.78, 5) is 0. The minimum Gasteiger partial charge on any atom is -0.380 e. The number of nitrogens with one attached hydrogen (secondary N) is 1. The fraction of sp³-hybridized carbons (Fsp3) is 1.00. The second kappa shape index (κ2) is 8.75. The van der Waals surface area contributed by atoms with Crippen molar-refractivity contribution in [3.05, 3.63) is 0 Å². The third-order valence-corrected chi connectivity index (χ3v) is 3.33. The van der Waals surface area contributed by atoms with Gasteiger partial charge in [-0.15, -0.1) is 0 Å². The van der Waals surface area contributed by atoms with Crippen molar-refractivity contribution in [2.75, 3.05) is 26.3 Å². The second-order valence-corrected chi connectivity index (χ2v) is 5.04. The Hall–Kier alpha value is -0.290. The molecule has 0 bridgehead atoms. The number of halogens is 3. The molecule has 0 aromatic heterocycles. The highest BCUT2D eigenvalue weighted by Gasteiger charge is 2.25. The number of alkyl halides is 3. The van der Waals surface area contributed by atoms with Crippen LogP contribution >= 0.6 is 0 Å². The lowest BCUT2D eigenvalue weighted by Crippen LogP contribution is -2.27. The Morgan fingerprint density at radius 1 is 1.06 bits per heavy atom. The van der Waals surface area contributed by atoms with Gasteiger partial charge in [0.1, 0.15) is 0 Å². The van der Waals surface area contributed by atoms with Gasteiger partial charge in [-0.2, -0.15) is 13.2 Å². The maximum Gasteiger partial charge on any atom is 0.389 e. The van der Waals surface area contributed by atoms with Crippen molar-refractivity contribution in [1.82, 2.24) is 5.32 Å². The van der Waals surface area contributed by atoms with E-state index in [1.54, 1.807) is 0 Å². The van der Waals surface area contributed by atoms with Crippen LogP contribution in [-0.4, -0.2) is 32.5 Å². The van der Waals surface area contributed by atoms with Gasteiger partial charge in [0.2, 0.25) is 0 Å². The topological polar surface area (TPSA) is 21.3 Å². The molecule has 1 N–H and O–H groups in total. The third-order valence-electron chi connectivity index (χ3n) is 3.33. The molecule has 5 heteroatoms. The standard InChI is InChI=1S/C13H24F3NO/c14-13(15,16)7-4-9-18-10-8-17-11-12-5-2-1-3-6-12/h12,17H,1-11H2. The Morgan fingerprint density at radius 2 is 1.78 bits per heavy atom. The summed E-state index contributed by atoms with van der Waals surface area (Å²) in [6.45, 7) is 2.46. The average Bonchev–Trinajstić information content (AvgIpc) is 2.32. The van der Waals surface area contributed by atoms with Crippen LogP contribution in [0.5, 0.6) is 0 Å². The summed E-state index contributed by atoms with van der Waals surface area (Å²) in [5.74, 6) is 0.781. The van der Waals surface area contributed by atoms with Crippen molar-refractivity contribution in [3.63, 3.8) is 0 Å². The van der Waals surface area contributed by atoms with Gasteiger partial charge in [-0.05, 0) is 31.7 Å². The van der Waals surface area contributed by atoms with E-state index in [0.717, 1.165) is 19.0 Å². The van der Waals surface area contributed by atoms with Gasteiger partial charge in [0, 0.05) is 19.6 Å². The summed E-state index contributed by atoms with van der Waals surface area (Å²) in [7, 11) is 0. The minimum atomic E-state index is -4.05. The summed E-state index contributed by atoms with van der Waals surface area (Å²) >= 11 is 0. The zero-order chi connectivity index (χ0) is 13.3. The largest absolute Gasteiger partial charge is 0.389 e. The van der Waals surface area contributed by atoms with E-state index in [2.05, 4.69) is 5.32 Å². The molecule has 1 saturated carbocycles. The Labute approximate surface area is 107 Å². The van der Waals surface area contributed by atoms with Gasteiger partial charge in [-0.3, -0.25) is 0 Å². The molecule has 0 aromatic carbocycles. The summed E-state index contributed by atoms with van der Waals surface area (Å²) in [5.41, 5.74) is 0. The molecule has 1 aliphatic rings. The fourth-order valence-corrected chi connectivity index (χ4v) is 2.32. The maximum absolute atomic E-state index is 11.8. The molecular formula is C13H24F3NO. The molecule has 1 fully saturated rings. The van der Waals surface area contributed by atoms with Crippen molar-refractivity contribution in [2.24, 2.45) is 5.92 Å². The smallest absolute Gasteiger partial charge is 0.380 e. The second-order valence-electron chi connectivity index (χ2n) is 5.04. The molecule has 0 saturated heterocycles. The lowest BCUT2D eigenvalue weighted by Gasteiger charge is -2.21. The lowest BCUT2D eigenvalue weighted by molar-refractivity contribution is -0.137.